The van der Waals surface area contributed by atoms with E-state index >= 15 is 0 Å². The predicted octanol–water partition coefficient (Wildman–Crippen LogP) is 2.29. The molecule has 0 spiro atoms. The summed E-state index contributed by atoms with van der Waals surface area (Å²) in [6.07, 6.45) is 2.61. The smallest absolute Gasteiger partial charge is 0.307 e. The van der Waals surface area contributed by atoms with E-state index in [2.05, 4.69) is 5.32 Å². The highest BCUT2D eigenvalue weighted by molar-refractivity contribution is 5.85. The number of aliphatic carboxylic acids is 1. The van der Waals surface area contributed by atoms with Crippen molar-refractivity contribution in [2.45, 2.75) is 32.6 Å². The van der Waals surface area contributed by atoms with Crippen LogP contribution in [0.5, 0.6) is 0 Å². The summed E-state index contributed by atoms with van der Waals surface area (Å²) in [5.41, 5.74) is 1.84. The van der Waals surface area contributed by atoms with Crippen LogP contribution < -0.4 is 5.32 Å². The number of carbonyl (C=O) groups excluding carboxylic acids is 1. The number of amides is 1. The highest BCUT2D eigenvalue weighted by Gasteiger charge is 2.37. The lowest BCUT2D eigenvalue weighted by atomic mass is 9.95. The van der Waals surface area contributed by atoms with E-state index in [9.17, 15) is 14.0 Å². The molecule has 4 nitrogen and oxygen atoms in total. The van der Waals surface area contributed by atoms with E-state index < -0.39 is 17.8 Å². The molecular weight excluding hydrogens is 273 g/mol. The second-order valence-electron chi connectivity index (χ2n) is 5.59. The molecule has 2 unspecified atom stereocenters. The molecule has 2 N–H and O–H groups in total. The number of nitrogens with one attached hydrogen (secondary N) is 1. The van der Waals surface area contributed by atoms with E-state index in [0.29, 0.717) is 25.8 Å². The van der Waals surface area contributed by atoms with E-state index in [4.69, 9.17) is 5.11 Å². The van der Waals surface area contributed by atoms with Gasteiger partial charge in [-0.2, -0.15) is 0 Å². The van der Waals surface area contributed by atoms with E-state index in [1.54, 1.807) is 6.07 Å². The Hall–Kier alpha value is -1.91. The lowest BCUT2D eigenvalue weighted by Gasteiger charge is -2.15. The molecule has 2 rings (SSSR count). The minimum absolute atomic E-state index is 0.181. The van der Waals surface area contributed by atoms with Crippen LogP contribution in [0.1, 0.15) is 30.4 Å². The minimum Gasteiger partial charge on any atom is -0.481 e. The molecule has 2 atom stereocenters. The average Bonchev–Trinajstić information content (AvgIpc) is 2.90. The molecule has 0 bridgehead atoms. The fraction of sp³-hybridized carbons (Fsp3) is 0.500. The quantitative estimate of drug-likeness (QED) is 0.875. The third-order valence-electron chi connectivity index (χ3n) is 4.17. The predicted molar refractivity (Wildman–Crippen MR) is 76.3 cm³/mol. The first-order valence-electron chi connectivity index (χ1n) is 7.24. The zero-order valence-corrected chi connectivity index (χ0v) is 12.1. The summed E-state index contributed by atoms with van der Waals surface area (Å²) >= 11 is 0. The van der Waals surface area contributed by atoms with E-state index in [-0.39, 0.29) is 11.7 Å². The summed E-state index contributed by atoms with van der Waals surface area (Å²) in [6, 6.07) is 4.59. The Morgan fingerprint density at radius 3 is 2.71 bits per heavy atom. The molecule has 1 aromatic rings. The number of carboxylic acids is 1. The number of benzene rings is 1. The Kier molecular flexibility index (Phi) is 4.94. The number of hydrogen-bond acceptors (Lipinski definition) is 2. The number of rotatable bonds is 5. The van der Waals surface area contributed by atoms with Crippen LogP contribution in [0.4, 0.5) is 4.39 Å². The molecule has 0 radical (unpaired) electrons. The SMILES string of the molecule is Cc1cc(F)ccc1CCNC(=O)C1CCCC1C(=O)O. The van der Waals surface area contributed by atoms with Gasteiger partial charge in [-0.3, -0.25) is 9.59 Å². The molecule has 114 valence electrons. The maximum Gasteiger partial charge on any atom is 0.307 e. The topological polar surface area (TPSA) is 66.4 Å². The van der Waals surface area contributed by atoms with Crippen molar-refractivity contribution in [1.29, 1.82) is 0 Å². The summed E-state index contributed by atoms with van der Waals surface area (Å²) < 4.78 is 13.0. The molecule has 21 heavy (non-hydrogen) atoms. The van der Waals surface area contributed by atoms with E-state index in [1.807, 2.05) is 6.92 Å². The van der Waals surface area contributed by atoms with E-state index in [0.717, 1.165) is 17.5 Å². The van der Waals surface area contributed by atoms with Gasteiger partial charge < -0.3 is 10.4 Å². The molecule has 1 saturated carbocycles. The first kappa shape index (κ1) is 15.5. The van der Waals surface area contributed by atoms with Crippen LogP contribution in [-0.2, 0) is 16.0 Å². The summed E-state index contributed by atoms with van der Waals surface area (Å²) in [4.78, 5) is 23.1. The maximum absolute atomic E-state index is 13.0. The highest BCUT2D eigenvalue weighted by Crippen LogP contribution is 2.31. The summed E-state index contributed by atoms with van der Waals surface area (Å²) in [5.74, 6) is -2.31. The van der Waals surface area contributed by atoms with Crippen LogP contribution in [0, 0.1) is 24.6 Å². The van der Waals surface area contributed by atoms with E-state index in [1.165, 1.54) is 12.1 Å². The van der Waals surface area contributed by atoms with Crippen LogP contribution in [0.3, 0.4) is 0 Å². The summed E-state index contributed by atoms with van der Waals surface area (Å²) in [7, 11) is 0. The molecule has 1 amide bonds. The van der Waals surface area contributed by atoms with Gasteiger partial charge in [0.15, 0.2) is 0 Å². The molecule has 1 fully saturated rings. The van der Waals surface area contributed by atoms with Gasteiger partial charge in [0.25, 0.3) is 0 Å². The van der Waals surface area contributed by atoms with Gasteiger partial charge >= 0.3 is 5.97 Å². The first-order valence-corrected chi connectivity index (χ1v) is 7.24. The first-order chi connectivity index (χ1) is 9.99. The number of carboxylic acid groups (broad SMARTS) is 1. The average molecular weight is 293 g/mol. The van der Waals surface area contributed by atoms with Crippen molar-refractivity contribution >= 4 is 11.9 Å². The van der Waals surface area contributed by atoms with Crippen LogP contribution in [-0.4, -0.2) is 23.5 Å². The fourth-order valence-corrected chi connectivity index (χ4v) is 2.96. The van der Waals surface area contributed by atoms with Crippen LogP contribution in [0.15, 0.2) is 18.2 Å². The number of carbonyl (C=O) groups is 2. The lowest BCUT2D eigenvalue weighted by Crippen LogP contribution is -2.36. The number of aryl methyl sites for hydroxylation is 1. The Labute approximate surface area is 123 Å². The van der Waals surface area contributed by atoms with Gasteiger partial charge in [-0.25, -0.2) is 4.39 Å². The van der Waals surface area contributed by atoms with Gasteiger partial charge in [0.2, 0.25) is 5.91 Å². The monoisotopic (exact) mass is 293 g/mol. The molecule has 1 aliphatic rings. The summed E-state index contributed by atoms with van der Waals surface area (Å²) in [6.45, 7) is 2.27. The molecular formula is C16H20FNO3. The molecule has 0 aliphatic heterocycles. The van der Waals surface area contributed by atoms with Crippen LogP contribution >= 0.6 is 0 Å². The third kappa shape index (κ3) is 3.80. The molecule has 1 aliphatic carbocycles. The Morgan fingerprint density at radius 2 is 2.05 bits per heavy atom. The second kappa shape index (κ2) is 6.70. The Morgan fingerprint density at radius 1 is 1.33 bits per heavy atom. The summed E-state index contributed by atoms with van der Waals surface area (Å²) in [5, 5.41) is 11.9. The van der Waals surface area contributed by atoms with Gasteiger partial charge in [0, 0.05) is 6.54 Å². The molecule has 0 heterocycles. The second-order valence-corrected chi connectivity index (χ2v) is 5.59. The van der Waals surface area contributed by atoms with Gasteiger partial charge in [0.05, 0.1) is 11.8 Å². The van der Waals surface area contributed by atoms with Crippen molar-refractivity contribution < 1.29 is 19.1 Å². The zero-order chi connectivity index (χ0) is 15.4. The van der Waals surface area contributed by atoms with Crippen molar-refractivity contribution in [3.63, 3.8) is 0 Å². The van der Waals surface area contributed by atoms with Gasteiger partial charge in [-0.15, -0.1) is 0 Å². The normalized spacial score (nSPS) is 21.2. The maximum atomic E-state index is 13.0. The molecule has 0 aromatic heterocycles. The molecule has 5 heteroatoms. The lowest BCUT2D eigenvalue weighted by molar-refractivity contribution is -0.146. The Balaban J connectivity index is 1.85. The van der Waals surface area contributed by atoms with Gasteiger partial charge in [0.1, 0.15) is 5.82 Å². The van der Waals surface area contributed by atoms with Crippen molar-refractivity contribution in [1.82, 2.24) is 5.32 Å². The van der Waals surface area contributed by atoms with Gasteiger partial charge in [-0.05, 0) is 49.4 Å². The van der Waals surface area contributed by atoms with Crippen LogP contribution in [0.2, 0.25) is 0 Å². The number of hydrogen-bond donors (Lipinski definition) is 2. The standard InChI is InChI=1S/C16H20FNO3/c1-10-9-12(17)6-5-11(10)7-8-18-15(19)13-3-2-4-14(13)16(20)21/h5-6,9,13-14H,2-4,7-8H2,1H3,(H,18,19)(H,20,21). The largest absolute Gasteiger partial charge is 0.481 e. The Bertz CT molecular complexity index is 544. The van der Waals surface area contributed by atoms with Crippen molar-refractivity contribution in [3.05, 3.63) is 35.1 Å². The van der Waals surface area contributed by atoms with Crippen molar-refractivity contribution in [2.75, 3.05) is 6.54 Å². The zero-order valence-electron chi connectivity index (χ0n) is 12.1. The minimum atomic E-state index is -0.887. The molecule has 1 aromatic carbocycles. The van der Waals surface area contributed by atoms with Gasteiger partial charge in [-0.1, -0.05) is 12.5 Å². The fourth-order valence-electron chi connectivity index (χ4n) is 2.96. The van der Waals surface area contributed by atoms with Crippen LogP contribution in [0.25, 0.3) is 0 Å². The van der Waals surface area contributed by atoms with Crippen molar-refractivity contribution in [2.24, 2.45) is 11.8 Å². The third-order valence-corrected chi connectivity index (χ3v) is 4.17. The number of halogens is 1. The van der Waals surface area contributed by atoms with Crippen molar-refractivity contribution in [3.8, 4) is 0 Å². The highest BCUT2D eigenvalue weighted by atomic mass is 19.1. The molecule has 0 saturated heterocycles.